The fourth-order valence-electron chi connectivity index (χ4n) is 1.36. The summed E-state index contributed by atoms with van der Waals surface area (Å²) in [6.07, 6.45) is 0. The van der Waals surface area contributed by atoms with Crippen LogP contribution in [0.3, 0.4) is 0 Å². The molecule has 0 saturated carbocycles. The van der Waals surface area contributed by atoms with Crippen molar-refractivity contribution in [1.82, 2.24) is 4.98 Å². The molecular formula is C13H11FN2S. The molecule has 0 unspecified atom stereocenters. The summed E-state index contributed by atoms with van der Waals surface area (Å²) in [7, 11) is 0. The second-order valence-corrected chi connectivity index (χ2v) is 5.14. The van der Waals surface area contributed by atoms with E-state index in [-0.39, 0.29) is 5.82 Å². The highest BCUT2D eigenvalue weighted by Gasteiger charge is 2.23. The first kappa shape index (κ1) is 11.7. The molecule has 0 N–H and O–H groups in total. The first-order valence-electron chi connectivity index (χ1n) is 5.16. The third-order valence-corrected chi connectivity index (χ3v) is 3.62. The van der Waals surface area contributed by atoms with Crippen LogP contribution < -0.4 is 0 Å². The van der Waals surface area contributed by atoms with Crippen LogP contribution in [0.25, 0.3) is 11.3 Å². The van der Waals surface area contributed by atoms with Gasteiger partial charge >= 0.3 is 0 Å². The second-order valence-electron chi connectivity index (χ2n) is 4.28. The molecule has 0 spiro atoms. The van der Waals surface area contributed by atoms with E-state index in [0.29, 0.717) is 0 Å². The summed E-state index contributed by atoms with van der Waals surface area (Å²) in [5.74, 6) is -0.262. The zero-order chi connectivity index (χ0) is 12.5. The Labute approximate surface area is 103 Å². The van der Waals surface area contributed by atoms with Gasteiger partial charge in [0.2, 0.25) is 0 Å². The van der Waals surface area contributed by atoms with Crippen LogP contribution in [-0.4, -0.2) is 4.98 Å². The molecule has 2 rings (SSSR count). The largest absolute Gasteiger partial charge is 0.240 e. The average molecular weight is 246 g/mol. The summed E-state index contributed by atoms with van der Waals surface area (Å²) in [5.41, 5.74) is 1.07. The van der Waals surface area contributed by atoms with Gasteiger partial charge in [-0.1, -0.05) is 0 Å². The number of rotatable bonds is 2. The van der Waals surface area contributed by atoms with Crippen LogP contribution in [0.2, 0.25) is 0 Å². The van der Waals surface area contributed by atoms with Gasteiger partial charge in [-0.2, -0.15) is 5.26 Å². The van der Waals surface area contributed by atoms with E-state index in [1.807, 2.05) is 19.2 Å². The monoisotopic (exact) mass is 246 g/mol. The van der Waals surface area contributed by atoms with Gasteiger partial charge in [-0.3, -0.25) is 0 Å². The minimum atomic E-state index is -0.580. The Morgan fingerprint density at radius 3 is 2.53 bits per heavy atom. The SMILES string of the molecule is CC(C)(C#N)c1nc(-c2ccc(F)cc2)cs1. The maximum atomic E-state index is 12.8. The van der Waals surface area contributed by atoms with E-state index in [0.717, 1.165) is 16.3 Å². The summed E-state index contributed by atoms with van der Waals surface area (Å²) >= 11 is 1.45. The van der Waals surface area contributed by atoms with Crippen molar-refractivity contribution in [2.45, 2.75) is 19.3 Å². The molecule has 2 aromatic rings. The van der Waals surface area contributed by atoms with Gasteiger partial charge in [0.1, 0.15) is 16.2 Å². The molecule has 0 bridgehead atoms. The molecular weight excluding hydrogens is 235 g/mol. The molecule has 4 heteroatoms. The smallest absolute Gasteiger partial charge is 0.123 e. The second kappa shape index (κ2) is 4.27. The zero-order valence-electron chi connectivity index (χ0n) is 9.57. The van der Waals surface area contributed by atoms with E-state index < -0.39 is 5.41 Å². The van der Waals surface area contributed by atoms with Crippen molar-refractivity contribution >= 4 is 11.3 Å². The number of thiazole rings is 1. The minimum absolute atomic E-state index is 0.262. The quantitative estimate of drug-likeness (QED) is 0.809. The fourth-order valence-corrected chi connectivity index (χ4v) is 2.27. The Morgan fingerprint density at radius 1 is 1.29 bits per heavy atom. The van der Waals surface area contributed by atoms with Crippen LogP contribution in [0.4, 0.5) is 4.39 Å². The van der Waals surface area contributed by atoms with E-state index in [1.54, 1.807) is 12.1 Å². The van der Waals surface area contributed by atoms with Crippen LogP contribution in [0.15, 0.2) is 29.6 Å². The number of aromatic nitrogens is 1. The third kappa shape index (κ3) is 2.34. The Bertz CT molecular complexity index is 564. The maximum absolute atomic E-state index is 12.8. The Morgan fingerprint density at radius 2 is 1.94 bits per heavy atom. The number of nitriles is 1. The summed E-state index contributed by atoms with van der Waals surface area (Å²) in [6.45, 7) is 3.67. The van der Waals surface area contributed by atoms with Gasteiger partial charge in [0.25, 0.3) is 0 Å². The third-order valence-electron chi connectivity index (χ3n) is 2.46. The van der Waals surface area contributed by atoms with E-state index in [2.05, 4.69) is 11.1 Å². The lowest BCUT2D eigenvalue weighted by atomic mass is 9.97. The van der Waals surface area contributed by atoms with Crippen molar-refractivity contribution in [1.29, 1.82) is 5.26 Å². The number of halogens is 1. The normalized spacial score (nSPS) is 11.2. The van der Waals surface area contributed by atoms with Crippen molar-refractivity contribution in [3.05, 3.63) is 40.5 Å². The molecule has 0 amide bonds. The van der Waals surface area contributed by atoms with Crippen LogP contribution in [-0.2, 0) is 5.41 Å². The van der Waals surface area contributed by atoms with Crippen molar-refractivity contribution in [3.63, 3.8) is 0 Å². The number of hydrogen-bond donors (Lipinski definition) is 0. The zero-order valence-corrected chi connectivity index (χ0v) is 10.4. The summed E-state index contributed by atoms with van der Waals surface area (Å²) in [6, 6.07) is 8.41. The van der Waals surface area contributed by atoms with E-state index in [4.69, 9.17) is 5.26 Å². The number of hydrogen-bond acceptors (Lipinski definition) is 3. The van der Waals surface area contributed by atoms with Crippen molar-refractivity contribution in [2.24, 2.45) is 0 Å². The van der Waals surface area contributed by atoms with Crippen LogP contribution in [0.1, 0.15) is 18.9 Å². The van der Waals surface area contributed by atoms with Gasteiger partial charge < -0.3 is 0 Å². The van der Waals surface area contributed by atoms with Crippen molar-refractivity contribution < 1.29 is 4.39 Å². The lowest BCUT2D eigenvalue weighted by Crippen LogP contribution is -2.13. The predicted octanol–water partition coefficient (Wildman–Crippen LogP) is 3.75. The van der Waals surface area contributed by atoms with Gasteiger partial charge in [-0.05, 0) is 38.1 Å². The van der Waals surface area contributed by atoms with Crippen molar-refractivity contribution in [3.8, 4) is 17.3 Å². The van der Waals surface area contributed by atoms with E-state index >= 15 is 0 Å². The highest BCUT2D eigenvalue weighted by atomic mass is 32.1. The van der Waals surface area contributed by atoms with Crippen LogP contribution in [0, 0.1) is 17.1 Å². The maximum Gasteiger partial charge on any atom is 0.123 e. The Hall–Kier alpha value is -1.73. The number of nitrogens with zero attached hydrogens (tertiary/aromatic N) is 2. The summed E-state index contributed by atoms with van der Waals surface area (Å²) in [4.78, 5) is 4.43. The molecule has 0 saturated heterocycles. The molecule has 1 aromatic heterocycles. The van der Waals surface area contributed by atoms with E-state index in [9.17, 15) is 4.39 Å². The first-order valence-corrected chi connectivity index (χ1v) is 6.04. The molecule has 1 aromatic carbocycles. The van der Waals surface area contributed by atoms with Gasteiger partial charge in [0, 0.05) is 10.9 Å². The predicted molar refractivity (Wildman–Crippen MR) is 66.1 cm³/mol. The molecule has 2 nitrogen and oxygen atoms in total. The Balaban J connectivity index is 2.37. The lowest BCUT2D eigenvalue weighted by molar-refractivity contribution is 0.628. The van der Waals surface area contributed by atoms with Crippen LogP contribution in [0.5, 0.6) is 0 Å². The topological polar surface area (TPSA) is 36.7 Å². The minimum Gasteiger partial charge on any atom is -0.240 e. The molecule has 0 atom stereocenters. The lowest BCUT2D eigenvalue weighted by Gasteiger charge is -2.09. The first-order chi connectivity index (χ1) is 8.03. The van der Waals surface area contributed by atoms with Crippen LogP contribution >= 0.6 is 11.3 Å². The molecule has 17 heavy (non-hydrogen) atoms. The molecule has 0 radical (unpaired) electrons. The van der Waals surface area contributed by atoms with Gasteiger partial charge in [-0.15, -0.1) is 11.3 Å². The molecule has 0 aliphatic carbocycles. The summed E-state index contributed by atoms with van der Waals surface area (Å²) < 4.78 is 12.8. The molecule has 0 aliphatic rings. The molecule has 0 aliphatic heterocycles. The average Bonchev–Trinajstić information content (AvgIpc) is 2.80. The van der Waals surface area contributed by atoms with E-state index in [1.165, 1.54) is 23.5 Å². The number of benzene rings is 1. The highest BCUT2D eigenvalue weighted by molar-refractivity contribution is 7.10. The highest BCUT2D eigenvalue weighted by Crippen LogP contribution is 2.29. The standard InChI is InChI=1S/C13H11FN2S/c1-13(2,8-15)12-16-11(7-17-12)9-3-5-10(14)6-4-9/h3-7H,1-2H3. The van der Waals surface area contributed by atoms with Gasteiger partial charge in [0.15, 0.2) is 0 Å². The van der Waals surface area contributed by atoms with Gasteiger partial charge in [0.05, 0.1) is 11.8 Å². The van der Waals surface area contributed by atoms with Crippen molar-refractivity contribution in [2.75, 3.05) is 0 Å². The molecule has 0 fully saturated rings. The summed E-state index contributed by atoms with van der Waals surface area (Å²) in [5, 5.41) is 11.7. The molecule has 1 heterocycles. The van der Waals surface area contributed by atoms with Gasteiger partial charge in [-0.25, -0.2) is 9.37 Å². The fraction of sp³-hybridized carbons (Fsp3) is 0.231. The molecule has 86 valence electrons. The Kier molecular flexibility index (Phi) is 2.95.